The Morgan fingerprint density at radius 2 is 1.88 bits per heavy atom. The Labute approximate surface area is 102 Å². The third kappa shape index (κ3) is 1.89. The minimum Gasteiger partial charge on any atom is -0.257 e. The molecule has 0 N–H and O–H groups in total. The van der Waals surface area contributed by atoms with Gasteiger partial charge in [0.25, 0.3) is 0 Å². The molecule has 17 heavy (non-hydrogen) atoms. The number of fused-ring (bicyclic) bond motifs is 2. The van der Waals surface area contributed by atoms with Crippen molar-refractivity contribution in [3.63, 3.8) is 0 Å². The number of allylic oxidation sites excluding steroid dienone is 6. The van der Waals surface area contributed by atoms with Gasteiger partial charge in [-0.3, -0.25) is 4.99 Å². The summed E-state index contributed by atoms with van der Waals surface area (Å²) in [5.74, 6) is 0. The summed E-state index contributed by atoms with van der Waals surface area (Å²) in [5.41, 5.74) is 6.24. The van der Waals surface area contributed by atoms with Crippen LogP contribution in [0.4, 0.5) is 5.69 Å². The van der Waals surface area contributed by atoms with Crippen LogP contribution in [0.25, 0.3) is 5.57 Å². The monoisotopic (exact) mass is 221 g/mol. The molecule has 1 heterocycles. The van der Waals surface area contributed by atoms with Crippen molar-refractivity contribution in [1.29, 1.82) is 0 Å². The van der Waals surface area contributed by atoms with Crippen LogP contribution in [0, 0.1) is 0 Å². The number of nitrogens with zero attached hydrogens (tertiary/aromatic N) is 1. The first-order chi connectivity index (χ1) is 8.34. The zero-order chi connectivity index (χ0) is 11.7. The van der Waals surface area contributed by atoms with Crippen LogP contribution in [0.15, 0.2) is 59.1 Å². The molecular formula is C16H15N. The van der Waals surface area contributed by atoms with Gasteiger partial charge in [-0.15, -0.1) is 0 Å². The van der Waals surface area contributed by atoms with Gasteiger partial charge in [-0.2, -0.15) is 0 Å². The molecule has 3 rings (SSSR count). The molecule has 0 spiro atoms. The summed E-state index contributed by atoms with van der Waals surface area (Å²) in [6.45, 7) is 2.11. The van der Waals surface area contributed by atoms with Crippen LogP contribution in [0.1, 0.15) is 25.3 Å². The van der Waals surface area contributed by atoms with E-state index in [-0.39, 0.29) is 0 Å². The van der Waals surface area contributed by atoms with Gasteiger partial charge < -0.3 is 0 Å². The highest BCUT2D eigenvalue weighted by Gasteiger charge is 2.14. The molecule has 0 fully saturated rings. The van der Waals surface area contributed by atoms with Gasteiger partial charge in [0.05, 0.1) is 5.69 Å². The van der Waals surface area contributed by atoms with E-state index in [1.165, 1.54) is 22.4 Å². The third-order valence-electron chi connectivity index (χ3n) is 3.17. The maximum atomic E-state index is 4.70. The van der Waals surface area contributed by atoms with Crippen molar-refractivity contribution in [2.45, 2.75) is 19.8 Å². The Hall–Kier alpha value is -1.89. The van der Waals surface area contributed by atoms with Crippen molar-refractivity contribution in [3.05, 3.63) is 59.7 Å². The molecule has 1 nitrogen and oxygen atoms in total. The second-order valence-electron chi connectivity index (χ2n) is 4.52. The van der Waals surface area contributed by atoms with Crippen LogP contribution in [-0.2, 0) is 0 Å². The molecule has 0 saturated heterocycles. The lowest BCUT2D eigenvalue weighted by Crippen LogP contribution is -1.92. The fourth-order valence-electron chi connectivity index (χ4n) is 2.41. The Bertz CT molecular complexity index is 571. The lowest BCUT2D eigenvalue weighted by Gasteiger charge is -2.07. The molecule has 1 aromatic carbocycles. The van der Waals surface area contributed by atoms with Crippen molar-refractivity contribution in [3.8, 4) is 0 Å². The topological polar surface area (TPSA) is 12.4 Å². The van der Waals surface area contributed by atoms with E-state index in [2.05, 4.69) is 55.5 Å². The zero-order valence-electron chi connectivity index (χ0n) is 9.98. The van der Waals surface area contributed by atoms with Crippen LogP contribution in [-0.4, -0.2) is 5.71 Å². The van der Waals surface area contributed by atoms with Crippen molar-refractivity contribution < 1.29 is 0 Å². The van der Waals surface area contributed by atoms with E-state index in [1.54, 1.807) is 0 Å². The summed E-state index contributed by atoms with van der Waals surface area (Å²) in [5, 5.41) is 0. The molecule has 2 aliphatic rings. The van der Waals surface area contributed by atoms with Crippen LogP contribution < -0.4 is 0 Å². The van der Waals surface area contributed by atoms with Gasteiger partial charge >= 0.3 is 0 Å². The predicted molar refractivity (Wildman–Crippen MR) is 73.6 cm³/mol. The average molecular weight is 221 g/mol. The summed E-state index contributed by atoms with van der Waals surface area (Å²) in [7, 11) is 0. The number of aliphatic imine (C=N–C) groups is 1. The van der Waals surface area contributed by atoms with E-state index in [4.69, 9.17) is 4.99 Å². The molecule has 1 heteroatoms. The Morgan fingerprint density at radius 3 is 2.82 bits per heavy atom. The lowest BCUT2D eigenvalue weighted by atomic mass is 9.97. The van der Waals surface area contributed by atoms with Crippen molar-refractivity contribution in [2.75, 3.05) is 0 Å². The van der Waals surface area contributed by atoms with E-state index in [0.717, 1.165) is 18.5 Å². The first-order valence-corrected chi connectivity index (χ1v) is 6.04. The van der Waals surface area contributed by atoms with Gasteiger partial charge in [-0.1, -0.05) is 42.5 Å². The summed E-state index contributed by atoms with van der Waals surface area (Å²) in [6, 6.07) is 8.40. The minimum atomic E-state index is 0.949. The molecular weight excluding hydrogens is 206 g/mol. The van der Waals surface area contributed by atoms with E-state index in [9.17, 15) is 0 Å². The lowest BCUT2D eigenvalue weighted by molar-refractivity contribution is 1.32. The van der Waals surface area contributed by atoms with Gasteiger partial charge in [0.15, 0.2) is 0 Å². The highest BCUT2D eigenvalue weighted by molar-refractivity contribution is 5.96. The molecule has 0 bridgehead atoms. The van der Waals surface area contributed by atoms with E-state index in [1.807, 2.05) is 0 Å². The molecule has 1 aliphatic heterocycles. The van der Waals surface area contributed by atoms with E-state index >= 15 is 0 Å². The molecule has 0 radical (unpaired) electrons. The minimum absolute atomic E-state index is 0.949. The molecule has 0 atom stereocenters. The van der Waals surface area contributed by atoms with Crippen LogP contribution in [0.2, 0.25) is 0 Å². The first-order valence-electron chi connectivity index (χ1n) is 6.04. The van der Waals surface area contributed by atoms with E-state index in [0.29, 0.717) is 0 Å². The Morgan fingerprint density at radius 1 is 1.06 bits per heavy atom. The molecule has 84 valence electrons. The predicted octanol–water partition coefficient (Wildman–Crippen LogP) is 4.45. The molecule has 1 aromatic rings. The Balaban J connectivity index is 2.28. The maximum Gasteiger partial charge on any atom is 0.0707 e. The van der Waals surface area contributed by atoms with Crippen molar-refractivity contribution in [2.24, 2.45) is 4.99 Å². The fourth-order valence-corrected chi connectivity index (χ4v) is 2.41. The summed E-state index contributed by atoms with van der Waals surface area (Å²) < 4.78 is 0. The Kier molecular flexibility index (Phi) is 2.52. The molecule has 1 aliphatic carbocycles. The van der Waals surface area contributed by atoms with Crippen LogP contribution >= 0.6 is 0 Å². The maximum absolute atomic E-state index is 4.70. The molecule has 0 saturated carbocycles. The number of para-hydroxylation sites is 1. The van der Waals surface area contributed by atoms with Gasteiger partial charge in [-0.05, 0) is 30.6 Å². The number of rotatable bonds is 0. The zero-order valence-corrected chi connectivity index (χ0v) is 9.98. The number of benzene rings is 1. The third-order valence-corrected chi connectivity index (χ3v) is 3.17. The molecule has 0 unspecified atom stereocenters. The summed E-state index contributed by atoms with van der Waals surface area (Å²) >= 11 is 0. The number of hydrogen-bond acceptors (Lipinski definition) is 1. The van der Waals surface area contributed by atoms with Crippen LogP contribution in [0.3, 0.4) is 0 Å². The van der Waals surface area contributed by atoms with Gasteiger partial charge in [0.2, 0.25) is 0 Å². The second kappa shape index (κ2) is 4.17. The van der Waals surface area contributed by atoms with E-state index < -0.39 is 0 Å². The number of hydrogen-bond donors (Lipinski definition) is 0. The SMILES string of the molecule is CC1=Nc2ccccc2C2=C(C=CCC=C2)C1. The fraction of sp³-hybridized carbons (Fsp3) is 0.188. The van der Waals surface area contributed by atoms with Gasteiger partial charge in [0, 0.05) is 17.7 Å². The second-order valence-corrected chi connectivity index (χ2v) is 4.52. The largest absolute Gasteiger partial charge is 0.257 e. The summed E-state index contributed by atoms with van der Waals surface area (Å²) in [4.78, 5) is 4.70. The first kappa shape index (κ1) is 10.3. The average Bonchev–Trinajstić information content (AvgIpc) is 2.61. The summed E-state index contributed by atoms with van der Waals surface area (Å²) in [6.07, 6.45) is 10.9. The quantitative estimate of drug-likeness (QED) is 0.613. The van der Waals surface area contributed by atoms with Gasteiger partial charge in [0.1, 0.15) is 0 Å². The highest BCUT2D eigenvalue weighted by Crippen LogP contribution is 2.35. The standard InChI is InChI=1S/C16H15N/c1-12-11-13-7-3-2-4-8-14(13)15-9-5-6-10-16(15)17-12/h3-10H,2,11H2,1H3. The van der Waals surface area contributed by atoms with Crippen molar-refractivity contribution in [1.82, 2.24) is 0 Å². The molecule has 0 amide bonds. The van der Waals surface area contributed by atoms with Crippen molar-refractivity contribution >= 4 is 17.0 Å². The molecule has 0 aromatic heterocycles. The highest BCUT2D eigenvalue weighted by atomic mass is 14.8. The van der Waals surface area contributed by atoms with Gasteiger partial charge in [-0.25, -0.2) is 0 Å². The van der Waals surface area contributed by atoms with Crippen LogP contribution in [0.5, 0.6) is 0 Å². The normalized spacial score (nSPS) is 18.1. The smallest absolute Gasteiger partial charge is 0.0707 e.